The Morgan fingerprint density at radius 1 is 1.43 bits per heavy atom. The first-order chi connectivity index (χ1) is 6.52. The first kappa shape index (κ1) is 11.5. The van der Waals surface area contributed by atoms with Crippen LogP contribution >= 0.6 is 0 Å². The summed E-state index contributed by atoms with van der Waals surface area (Å²) < 4.78 is 0. The molecular weight excluding hydrogens is 180 g/mol. The Balaban J connectivity index is 2.47. The van der Waals surface area contributed by atoms with E-state index in [-0.39, 0.29) is 18.1 Å². The van der Waals surface area contributed by atoms with E-state index < -0.39 is 0 Å². The minimum atomic E-state index is -0.292. The van der Waals surface area contributed by atoms with Gasteiger partial charge in [0.15, 0.2) is 0 Å². The van der Waals surface area contributed by atoms with Crippen LogP contribution in [0.15, 0.2) is 0 Å². The third-order valence-electron chi connectivity index (χ3n) is 2.44. The lowest BCUT2D eigenvalue weighted by atomic mass is 10.3. The van der Waals surface area contributed by atoms with Crippen LogP contribution in [0.2, 0.25) is 0 Å². The Labute approximate surface area is 85.5 Å². The summed E-state index contributed by atoms with van der Waals surface area (Å²) in [7, 11) is 0. The van der Waals surface area contributed by atoms with E-state index in [1.807, 2.05) is 23.9 Å². The third kappa shape index (κ3) is 2.69. The van der Waals surface area contributed by atoms with Crippen molar-refractivity contribution < 1.29 is 9.90 Å². The molecule has 0 radical (unpaired) electrons. The summed E-state index contributed by atoms with van der Waals surface area (Å²) in [6.45, 7) is 7.36. The molecule has 4 heteroatoms. The number of aliphatic hydroxyl groups excluding tert-OH is 1. The van der Waals surface area contributed by atoms with Crippen LogP contribution in [-0.4, -0.2) is 46.3 Å². The minimum absolute atomic E-state index is 0.200. The highest BCUT2D eigenvalue weighted by Crippen LogP contribution is 2.16. The lowest BCUT2D eigenvalue weighted by molar-refractivity contribution is -0.141. The first-order valence-electron chi connectivity index (χ1n) is 5.27. The Hall–Kier alpha value is -0.610. The van der Waals surface area contributed by atoms with E-state index in [4.69, 9.17) is 0 Å². The summed E-state index contributed by atoms with van der Waals surface area (Å²) in [5.74, 6) is 0.200. The molecule has 0 aromatic heterocycles. The van der Waals surface area contributed by atoms with Gasteiger partial charge in [0.05, 0.1) is 6.10 Å². The van der Waals surface area contributed by atoms with Crippen molar-refractivity contribution in [3.05, 3.63) is 0 Å². The summed E-state index contributed by atoms with van der Waals surface area (Å²) in [5, 5.41) is 13.0. The lowest BCUT2D eigenvalue weighted by Gasteiger charge is -2.31. The number of hydrogen-bond donors (Lipinski definition) is 1. The lowest BCUT2D eigenvalue weighted by Crippen LogP contribution is -2.44. The van der Waals surface area contributed by atoms with Crippen molar-refractivity contribution >= 4 is 5.91 Å². The summed E-state index contributed by atoms with van der Waals surface area (Å²) in [6.07, 6.45) is 1.04. The van der Waals surface area contributed by atoms with Crippen LogP contribution < -0.4 is 0 Å². The van der Waals surface area contributed by atoms with Crippen molar-refractivity contribution in [3.63, 3.8) is 0 Å². The molecule has 1 rings (SSSR count). The molecule has 0 spiro atoms. The Bertz CT molecular complexity index is 204. The maximum Gasteiger partial charge on any atom is 0.238 e. The van der Waals surface area contributed by atoms with Gasteiger partial charge in [-0.15, -0.1) is 0 Å². The second-order valence-corrected chi connectivity index (χ2v) is 4.17. The highest BCUT2D eigenvalue weighted by atomic mass is 16.3. The van der Waals surface area contributed by atoms with E-state index >= 15 is 0 Å². The number of nitrogens with zero attached hydrogens (tertiary/aromatic N) is 2. The van der Waals surface area contributed by atoms with Gasteiger partial charge in [0.2, 0.25) is 5.91 Å². The molecule has 1 aliphatic heterocycles. The van der Waals surface area contributed by atoms with Crippen molar-refractivity contribution in [2.45, 2.75) is 45.8 Å². The molecule has 0 aromatic carbocycles. The molecule has 0 aliphatic carbocycles. The second-order valence-electron chi connectivity index (χ2n) is 4.17. The Morgan fingerprint density at radius 2 is 2.07 bits per heavy atom. The van der Waals surface area contributed by atoms with Crippen LogP contribution in [0, 0.1) is 0 Å². The Kier molecular flexibility index (Phi) is 3.89. The van der Waals surface area contributed by atoms with Gasteiger partial charge >= 0.3 is 0 Å². The normalized spacial score (nSPS) is 20.9. The topological polar surface area (TPSA) is 43.8 Å². The highest BCUT2D eigenvalue weighted by Gasteiger charge is 2.30. The van der Waals surface area contributed by atoms with Gasteiger partial charge in [-0.05, 0) is 27.2 Å². The van der Waals surface area contributed by atoms with Crippen LogP contribution in [0.3, 0.4) is 0 Å². The molecule has 0 bridgehead atoms. The average molecular weight is 200 g/mol. The molecule has 1 aliphatic rings. The van der Waals surface area contributed by atoms with Gasteiger partial charge < -0.3 is 5.11 Å². The molecule has 82 valence electrons. The number of rotatable bonds is 4. The maximum atomic E-state index is 11.5. The standard InChI is InChI=1S/C10H20N2O2/c1-8(2)12-10(14)5-7-11(12)6-4-9(3)13/h8-9,13H,4-7H2,1-3H3. The number of carbonyl (C=O) groups is 1. The summed E-state index contributed by atoms with van der Waals surface area (Å²) in [5.41, 5.74) is 0. The Morgan fingerprint density at radius 3 is 2.57 bits per heavy atom. The first-order valence-corrected chi connectivity index (χ1v) is 5.27. The fraction of sp³-hybridized carbons (Fsp3) is 0.900. The molecule has 1 fully saturated rings. The second kappa shape index (κ2) is 4.75. The van der Waals surface area contributed by atoms with E-state index in [0.29, 0.717) is 6.42 Å². The molecule has 1 atom stereocenters. The fourth-order valence-electron chi connectivity index (χ4n) is 1.77. The number of hydrogen-bond acceptors (Lipinski definition) is 3. The van der Waals surface area contributed by atoms with Crippen molar-refractivity contribution in [1.82, 2.24) is 10.0 Å². The average Bonchev–Trinajstić information content (AvgIpc) is 2.43. The highest BCUT2D eigenvalue weighted by molar-refractivity contribution is 5.77. The number of hydrazine groups is 1. The number of amides is 1. The molecule has 0 saturated carbocycles. The van der Waals surface area contributed by atoms with E-state index in [2.05, 4.69) is 0 Å². The van der Waals surface area contributed by atoms with Gasteiger partial charge in [-0.1, -0.05) is 0 Å². The number of aliphatic hydroxyl groups is 1. The van der Waals surface area contributed by atoms with Crippen molar-refractivity contribution in [2.75, 3.05) is 13.1 Å². The van der Waals surface area contributed by atoms with Crippen molar-refractivity contribution in [1.29, 1.82) is 0 Å². The predicted molar refractivity (Wildman–Crippen MR) is 54.5 cm³/mol. The largest absolute Gasteiger partial charge is 0.393 e. The van der Waals surface area contributed by atoms with Crippen LogP contribution in [0.5, 0.6) is 0 Å². The summed E-state index contributed by atoms with van der Waals surface area (Å²) >= 11 is 0. The van der Waals surface area contributed by atoms with Gasteiger partial charge in [-0.25, -0.2) is 5.01 Å². The zero-order chi connectivity index (χ0) is 10.7. The smallest absolute Gasteiger partial charge is 0.238 e. The van der Waals surface area contributed by atoms with E-state index in [1.165, 1.54) is 0 Å². The summed E-state index contributed by atoms with van der Waals surface area (Å²) in [6, 6.07) is 0.221. The van der Waals surface area contributed by atoms with Gasteiger partial charge in [0.25, 0.3) is 0 Å². The molecule has 1 saturated heterocycles. The monoisotopic (exact) mass is 200 g/mol. The molecule has 1 unspecified atom stereocenters. The predicted octanol–water partition coefficient (Wildman–Crippen LogP) is 0.615. The molecule has 4 nitrogen and oxygen atoms in total. The SMILES string of the molecule is CC(O)CCN1CCC(=O)N1C(C)C. The molecule has 1 amide bonds. The van der Waals surface area contributed by atoms with Crippen molar-refractivity contribution in [2.24, 2.45) is 0 Å². The van der Waals surface area contributed by atoms with Crippen LogP contribution in [0.25, 0.3) is 0 Å². The van der Waals surface area contributed by atoms with Gasteiger partial charge in [0, 0.05) is 25.6 Å². The molecule has 1 N–H and O–H groups in total. The van der Waals surface area contributed by atoms with Crippen molar-refractivity contribution in [3.8, 4) is 0 Å². The van der Waals surface area contributed by atoms with Crippen LogP contribution in [0.1, 0.15) is 33.6 Å². The van der Waals surface area contributed by atoms with Gasteiger partial charge in [-0.3, -0.25) is 9.80 Å². The molecular formula is C10H20N2O2. The van der Waals surface area contributed by atoms with Gasteiger partial charge in [-0.2, -0.15) is 0 Å². The van der Waals surface area contributed by atoms with Crippen LogP contribution in [-0.2, 0) is 4.79 Å². The molecule has 14 heavy (non-hydrogen) atoms. The maximum absolute atomic E-state index is 11.5. The summed E-state index contributed by atoms with van der Waals surface area (Å²) in [4.78, 5) is 11.5. The van der Waals surface area contributed by atoms with E-state index in [1.54, 1.807) is 6.92 Å². The minimum Gasteiger partial charge on any atom is -0.393 e. The fourth-order valence-corrected chi connectivity index (χ4v) is 1.77. The molecule has 0 aromatic rings. The zero-order valence-electron chi connectivity index (χ0n) is 9.23. The van der Waals surface area contributed by atoms with E-state index in [0.717, 1.165) is 19.5 Å². The quantitative estimate of drug-likeness (QED) is 0.723. The third-order valence-corrected chi connectivity index (χ3v) is 2.44. The van der Waals surface area contributed by atoms with E-state index in [9.17, 15) is 9.90 Å². The van der Waals surface area contributed by atoms with Gasteiger partial charge in [0.1, 0.15) is 0 Å². The zero-order valence-corrected chi connectivity index (χ0v) is 9.23. The molecule has 1 heterocycles. The van der Waals surface area contributed by atoms with Crippen LogP contribution in [0.4, 0.5) is 0 Å². The number of carbonyl (C=O) groups excluding carboxylic acids is 1.